The van der Waals surface area contributed by atoms with Crippen molar-refractivity contribution in [2.45, 2.75) is 44.7 Å². The van der Waals surface area contributed by atoms with E-state index in [0.29, 0.717) is 32.5 Å². The van der Waals surface area contributed by atoms with Gasteiger partial charge in [-0.15, -0.1) is 11.3 Å². The van der Waals surface area contributed by atoms with E-state index in [9.17, 15) is 14.4 Å². The molecule has 1 N–H and O–H groups in total. The van der Waals surface area contributed by atoms with E-state index in [1.807, 2.05) is 6.07 Å². The lowest BCUT2D eigenvalue weighted by atomic mass is 9.85. The van der Waals surface area contributed by atoms with Crippen LogP contribution in [0.25, 0.3) is 10.9 Å². The van der Waals surface area contributed by atoms with Crippen molar-refractivity contribution in [3.8, 4) is 0 Å². The number of carbonyl (C=O) groups is 2. The number of rotatable bonds is 7. The normalized spacial score (nSPS) is 15.3. The van der Waals surface area contributed by atoms with Gasteiger partial charge < -0.3 is 10.1 Å². The SMILES string of the molecule is CCOC(=O)c1c(NC(=O)CSc2nc3ccccc3c(=O)n2C)sc2c1CCC(CC)C2. The lowest BCUT2D eigenvalue weighted by molar-refractivity contribution is -0.113. The molecule has 174 valence electrons. The number of hydrogen-bond acceptors (Lipinski definition) is 7. The number of amides is 1. The Bertz CT molecular complexity index is 1260. The molecule has 1 aromatic carbocycles. The van der Waals surface area contributed by atoms with Gasteiger partial charge in [0.1, 0.15) is 5.00 Å². The van der Waals surface area contributed by atoms with Gasteiger partial charge in [-0.3, -0.25) is 14.2 Å². The smallest absolute Gasteiger partial charge is 0.341 e. The highest BCUT2D eigenvalue weighted by molar-refractivity contribution is 7.99. The average molecular weight is 486 g/mol. The maximum Gasteiger partial charge on any atom is 0.341 e. The number of carbonyl (C=O) groups excluding carboxylic acids is 2. The van der Waals surface area contributed by atoms with E-state index in [4.69, 9.17) is 4.74 Å². The summed E-state index contributed by atoms with van der Waals surface area (Å²) < 4.78 is 6.75. The Balaban J connectivity index is 1.54. The highest BCUT2D eigenvalue weighted by Gasteiger charge is 2.29. The number of thioether (sulfide) groups is 1. The summed E-state index contributed by atoms with van der Waals surface area (Å²) in [4.78, 5) is 43.8. The van der Waals surface area contributed by atoms with E-state index >= 15 is 0 Å². The van der Waals surface area contributed by atoms with E-state index in [1.54, 1.807) is 32.2 Å². The Hall–Kier alpha value is -2.65. The lowest BCUT2D eigenvalue weighted by Crippen LogP contribution is -2.21. The van der Waals surface area contributed by atoms with Gasteiger partial charge in [0.15, 0.2) is 5.16 Å². The van der Waals surface area contributed by atoms with Crippen LogP contribution >= 0.6 is 23.1 Å². The first-order valence-electron chi connectivity index (χ1n) is 11.1. The molecule has 7 nitrogen and oxygen atoms in total. The van der Waals surface area contributed by atoms with Gasteiger partial charge in [0.2, 0.25) is 5.91 Å². The van der Waals surface area contributed by atoms with Crippen LogP contribution < -0.4 is 10.9 Å². The molecule has 1 aliphatic carbocycles. The van der Waals surface area contributed by atoms with Gasteiger partial charge in [0.05, 0.1) is 28.8 Å². The van der Waals surface area contributed by atoms with Crippen molar-refractivity contribution in [1.29, 1.82) is 0 Å². The third-order valence-electron chi connectivity index (χ3n) is 5.95. The van der Waals surface area contributed by atoms with Crippen molar-refractivity contribution in [1.82, 2.24) is 9.55 Å². The maximum absolute atomic E-state index is 12.8. The fraction of sp³-hybridized carbons (Fsp3) is 0.417. The molecule has 1 amide bonds. The summed E-state index contributed by atoms with van der Waals surface area (Å²) in [7, 11) is 1.65. The Morgan fingerprint density at radius 3 is 2.85 bits per heavy atom. The van der Waals surface area contributed by atoms with Gasteiger partial charge in [-0.2, -0.15) is 0 Å². The molecule has 2 heterocycles. The van der Waals surface area contributed by atoms with Crippen molar-refractivity contribution in [3.63, 3.8) is 0 Å². The molecule has 0 spiro atoms. The Kier molecular flexibility index (Phi) is 7.19. The average Bonchev–Trinajstić information content (AvgIpc) is 3.17. The second-order valence-electron chi connectivity index (χ2n) is 8.06. The molecule has 4 rings (SSSR count). The lowest BCUT2D eigenvalue weighted by Gasteiger charge is -2.20. The summed E-state index contributed by atoms with van der Waals surface area (Å²) in [5.74, 6) is 0.0387. The van der Waals surface area contributed by atoms with Crippen molar-refractivity contribution in [2.75, 3.05) is 17.7 Å². The first-order valence-corrected chi connectivity index (χ1v) is 12.9. The molecule has 1 aliphatic rings. The van der Waals surface area contributed by atoms with Crippen LogP contribution in [0.15, 0.2) is 34.2 Å². The van der Waals surface area contributed by atoms with Gasteiger partial charge >= 0.3 is 5.97 Å². The molecule has 0 aliphatic heterocycles. The van der Waals surface area contributed by atoms with Crippen LogP contribution in [0, 0.1) is 5.92 Å². The largest absolute Gasteiger partial charge is 0.462 e. The summed E-state index contributed by atoms with van der Waals surface area (Å²) in [6.07, 6.45) is 3.89. The summed E-state index contributed by atoms with van der Waals surface area (Å²) in [5, 5.41) is 4.49. The number of esters is 1. The molecule has 0 saturated heterocycles. The van der Waals surface area contributed by atoms with E-state index in [1.165, 1.54) is 27.7 Å². The number of aromatic nitrogens is 2. The highest BCUT2D eigenvalue weighted by Crippen LogP contribution is 2.41. The number of nitrogens with zero attached hydrogens (tertiary/aromatic N) is 2. The van der Waals surface area contributed by atoms with Crippen LogP contribution in [-0.2, 0) is 29.4 Å². The Labute approximate surface area is 200 Å². The molecule has 0 saturated carbocycles. The molecular formula is C24H27N3O4S2. The molecule has 33 heavy (non-hydrogen) atoms. The van der Waals surface area contributed by atoms with E-state index < -0.39 is 0 Å². The number of benzene rings is 1. The first-order chi connectivity index (χ1) is 15.9. The fourth-order valence-corrected chi connectivity index (χ4v) is 6.27. The van der Waals surface area contributed by atoms with Gasteiger partial charge in [-0.1, -0.05) is 37.2 Å². The number of para-hydroxylation sites is 1. The molecule has 1 atom stereocenters. The summed E-state index contributed by atoms with van der Waals surface area (Å²) in [5.41, 5.74) is 1.97. The van der Waals surface area contributed by atoms with Gasteiger partial charge in [-0.05, 0) is 49.8 Å². The monoisotopic (exact) mass is 485 g/mol. The minimum atomic E-state index is -0.383. The second-order valence-corrected chi connectivity index (χ2v) is 10.1. The van der Waals surface area contributed by atoms with Crippen molar-refractivity contribution < 1.29 is 14.3 Å². The van der Waals surface area contributed by atoms with Gasteiger partial charge in [0.25, 0.3) is 5.56 Å². The topological polar surface area (TPSA) is 90.3 Å². The quantitative estimate of drug-likeness (QED) is 0.303. The first kappa shape index (κ1) is 23.5. The van der Waals surface area contributed by atoms with Crippen LogP contribution in [0.4, 0.5) is 5.00 Å². The standard InChI is InChI=1S/C24H27N3O4S2/c1-4-14-10-11-16-18(12-14)33-21(20(16)23(30)31-5-2)26-19(28)13-32-24-25-17-9-7-6-8-15(17)22(29)27(24)3/h6-9,14H,4-5,10-13H2,1-3H3,(H,26,28). The zero-order valence-electron chi connectivity index (χ0n) is 19.0. The summed E-state index contributed by atoms with van der Waals surface area (Å²) >= 11 is 2.67. The number of nitrogens with one attached hydrogen (secondary N) is 1. The number of ether oxygens (including phenoxy) is 1. The predicted molar refractivity (Wildman–Crippen MR) is 132 cm³/mol. The molecule has 0 bridgehead atoms. The van der Waals surface area contributed by atoms with Gasteiger partial charge in [-0.25, -0.2) is 9.78 Å². The number of fused-ring (bicyclic) bond motifs is 2. The van der Waals surface area contributed by atoms with Crippen LogP contribution in [0.5, 0.6) is 0 Å². The van der Waals surface area contributed by atoms with Crippen LogP contribution in [-0.4, -0.2) is 33.8 Å². The molecule has 3 aromatic rings. The molecule has 2 aromatic heterocycles. The minimum absolute atomic E-state index is 0.0705. The zero-order chi connectivity index (χ0) is 23.5. The summed E-state index contributed by atoms with van der Waals surface area (Å²) in [6.45, 7) is 4.25. The summed E-state index contributed by atoms with van der Waals surface area (Å²) in [6, 6.07) is 7.15. The third kappa shape index (κ3) is 4.84. The molecular weight excluding hydrogens is 458 g/mol. The van der Waals surface area contributed by atoms with Crippen molar-refractivity contribution in [3.05, 3.63) is 50.6 Å². The molecule has 0 fully saturated rings. The maximum atomic E-state index is 12.8. The van der Waals surface area contributed by atoms with Gasteiger partial charge in [0, 0.05) is 11.9 Å². The number of thiophene rings is 1. The van der Waals surface area contributed by atoms with Crippen LogP contribution in [0.2, 0.25) is 0 Å². The fourth-order valence-electron chi connectivity index (χ4n) is 4.13. The van der Waals surface area contributed by atoms with E-state index in [2.05, 4.69) is 17.2 Å². The van der Waals surface area contributed by atoms with E-state index in [-0.39, 0.29) is 29.8 Å². The Morgan fingerprint density at radius 2 is 2.09 bits per heavy atom. The molecule has 9 heteroatoms. The van der Waals surface area contributed by atoms with Crippen LogP contribution in [0.3, 0.4) is 0 Å². The zero-order valence-corrected chi connectivity index (χ0v) is 20.6. The molecule has 1 unspecified atom stereocenters. The second kappa shape index (κ2) is 10.1. The third-order valence-corrected chi connectivity index (χ3v) is 8.15. The number of hydrogen-bond donors (Lipinski definition) is 1. The predicted octanol–water partition coefficient (Wildman–Crippen LogP) is 4.42. The number of anilines is 1. The van der Waals surface area contributed by atoms with Crippen LogP contribution in [0.1, 0.15) is 47.5 Å². The van der Waals surface area contributed by atoms with Crippen molar-refractivity contribution >= 4 is 50.9 Å². The highest BCUT2D eigenvalue weighted by atomic mass is 32.2. The molecule has 0 radical (unpaired) electrons. The van der Waals surface area contributed by atoms with E-state index in [0.717, 1.165) is 36.1 Å². The Morgan fingerprint density at radius 1 is 1.30 bits per heavy atom. The minimum Gasteiger partial charge on any atom is -0.462 e. The van der Waals surface area contributed by atoms with Crippen molar-refractivity contribution in [2.24, 2.45) is 13.0 Å².